The molecule has 1 amide bonds. The van der Waals surface area contributed by atoms with Crippen molar-refractivity contribution in [2.45, 2.75) is 68.9 Å². The van der Waals surface area contributed by atoms with E-state index >= 15 is 0 Å². The number of alkyl halides is 2. The van der Waals surface area contributed by atoms with Crippen LogP contribution in [0.3, 0.4) is 0 Å². The number of thiazole rings is 1. The molecule has 0 bridgehead atoms. The summed E-state index contributed by atoms with van der Waals surface area (Å²) in [4.78, 5) is 16.7. The first-order chi connectivity index (χ1) is 11.5. The highest BCUT2D eigenvalue weighted by molar-refractivity contribution is 7.11. The monoisotopic (exact) mass is 391 g/mol. The fraction of sp³-hybridized carbons (Fsp3) is 0.765. The summed E-state index contributed by atoms with van der Waals surface area (Å²) in [6.07, 6.45) is 4.18. The van der Waals surface area contributed by atoms with Gasteiger partial charge in [0.25, 0.3) is 5.91 Å². The van der Waals surface area contributed by atoms with Crippen molar-refractivity contribution < 1.29 is 13.6 Å². The van der Waals surface area contributed by atoms with E-state index in [4.69, 9.17) is 0 Å². The number of hydrogen-bond donors (Lipinski definition) is 2. The summed E-state index contributed by atoms with van der Waals surface area (Å²) >= 11 is 1.35. The second-order valence-electron chi connectivity index (χ2n) is 7.48. The number of carbonyl (C=O) groups is 1. The molecule has 0 aliphatic heterocycles. The van der Waals surface area contributed by atoms with Crippen LogP contribution < -0.4 is 10.6 Å². The zero-order valence-electron chi connectivity index (χ0n) is 14.0. The summed E-state index contributed by atoms with van der Waals surface area (Å²) < 4.78 is 26.3. The van der Waals surface area contributed by atoms with Crippen molar-refractivity contribution in [2.24, 2.45) is 5.92 Å². The minimum Gasteiger partial charge on any atom is -0.347 e. The van der Waals surface area contributed by atoms with Crippen molar-refractivity contribution in [3.8, 4) is 0 Å². The third-order valence-electron chi connectivity index (χ3n) is 5.30. The molecule has 3 aliphatic carbocycles. The van der Waals surface area contributed by atoms with E-state index in [1.807, 2.05) is 5.38 Å². The van der Waals surface area contributed by atoms with Gasteiger partial charge >= 0.3 is 0 Å². The van der Waals surface area contributed by atoms with Gasteiger partial charge in [-0.05, 0) is 44.6 Å². The molecule has 4 rings (SSSR count). The Kier molecular flexibility index (Phi) is 5.66. The van der Waals surface area contributed by atoms with E-state index in [-0.39, 0.29) is 37.2 Å². The molecule has 2 atom stereocenters. The molecule has 3 fully saturated rings. The van der Waals surface area contributed by atoms with E-state index in [1.165, 1.54) is 24.2 Å². The van der Waals surface area contributed by atoms with Gasteiger partial charge in [-0.3, -0.25) is 4.79 Å². The number of nitrogens with zero attached hydrogens (tertiary/aromatic N) is 1. The summed E-state index contributed by atoms with van der Waals surface area (Å²) in [6, 6.07) is 0.350. The minimum atomic E-state index is -2.57. The Hall–Kier alpha value is -0.790. The first-order valence-electron chi connectivity index (χ1n) is 8.88. The topological polar surface area (TPSA) is 54.0 Å². The zero-order valence-corrected chi connectivity index (χ0v) is 15.6. The second-order valence-corrected chi connectivity index (χ2v) is 8.34. The van der Waals surface area contributed by atoms with Crippen LogP contribution in [-0.2, 0) is 0 Å². The van der Waals surface area contributed by atoms with Crippen molar-refractivity contribution in [2.75, 3.05) is 6.54 Å². The summed E-state index contributed by atoms with van der Waals surface area (Å²) in [5.41, 5.74) is 0.994. The van der Waals surface area contributed by atoms with Crippen LogP contribution in [0.25, 0.3) is 0 Å². The smallest absolute Gasteiger partial charge is 0.280 e. The Bertz CT molecular complexity index is 613. The molecule has 25 heavy (non-hydrogen) atoms. The molecular formula is C17H24ClF2N3OS. The lowest BCUT2D eigenvalue weighted by Gasteiger charge is -2.28. The molecule has 1 heterocycles. The fourth-order valence-corrected chi connectivity index (χ4v) is 4.16. The Morgan fingerprint density at radius 3 is 2.68 bits per heavy atom. The number of halogens is 3. The highest BCUT2D eigenvalue weighted by Crippen LogP contribution is 2.42. The standard InChI is InChI=1S/C17H23F2N3OS.ClH/c18-17(19)5-3-11(4-6-17)21-15(23)16-22-14(9-24-16)12-7-13(12)20-8-10-1-2-10;/h9-13,20H,1-8H2,(H,21,23);1H/t12-,13-;/m1./s1. The molecule has 4 nitrogen and oxygen atoms in total. The first-order valence-corrected chi connectivity index (χ1v) is 9.76. The number of rotatable bonds is 6. The Morgan fingerprint density at radius 2 is 2.00 bits per heavy atom. The Balaban J connectivity index is 0.00000182. The van der Waals surface area contributed by atoms with Crippen LogP contribution in [0.5, 0.6) is 0 Å². The van der Waals surface area contributed by atoms with Crippen LogP contribution >= 0.6 is 23.7 Å². The maximum atomic E-state index is 13.2. The van der Waals surface area contributed by atoms with E-state index in [9.17, 15) is 13.6 Å². The highest BCUT2D eigenvalue weighted by atomic mass is 35.5. The van der Waals surface area contributed by atoms with Gasteiger partial charge in [0.1, 0.15) is 0 Å². The average molecular weight is 392 g/mol. The molecule has 8 heteroatoms. The number of carbonyl (C=O) groups excluding carboxylic acids is 1. The second kappa shape index (κ2) is 7.45. The van der Waals surface area contributed by atoms with Gasteiger partial charge in [0.05, 0.1) is 5.69 Å². The van der Waals surface area contributed by atoms with E-state index in [1.54, 1.807) is 0 Å². The van der Waals surface area contributed by atoms with Crippen molar-refractivity contribution >= 4 is 29.7 Å². The Morgan fingerprint density at radius 1 is 1.28 bits per heavy atom. The maximum absolute atomic E-state index is 13.2. The van der Waals surface area contributed by atoms with Crippen LogP contribution in [0.2, 0.25) is 0 Å². The molecule has 0 aromatic carbocycles. The summed E-state index contributed by atoms with van der Waals surface area (Å²) in [5.74, 6) is -1.49. The largest absolute Gasteiger partial charge is 0.347 e. The summed E-state index contributed by atoms with van der Waals surface area (Å²) in [5, 5.41) is 8.86. The van der Waals surface area contributed by atoms with E-state index in [2.05, 4.69) is 15.6 Å². The van der Waals surface area contributed by atoms with Crippen molar-refractivity contribution in [1.82, 2.24) is 15.6 Å². The van der Waals surface area contributed by atoms with Crippen LogP contribution in [0.1, 0.15) is 66.4 Å². The molecule has 1 aromatic rings. The van der Waals surface area contributed by atoms with Gasteiger partial charge in [-0.25, -0.2) is 13.8 Å². The van der Waals surface area contributed by atoms with Gasteiger partial charge in [0.15, 0.2) is 5.01 Å². The van der Waals surface area contributed by atoms with Crippen molar-refractivity contribution in [3.05, 3.63) is 16.1 Å². The molecular weight excluding hydrogens is 368 g/mol. The summed E-state index contributed by atoms with van der Waals surface area (Å²) in [6.45, 7) is 1.10. The molecule has 0 radical (unpaired) electrons. The number of amides is 1. The van der Waals surface area contributed by atoms with Crippen LogP contribution in [-0.4, -0.2) is 35.4 Å². The molecule has 1 aromatic heterocycles. The lowest BCUT2D eigenvalue weighted by atomic mass is 9.92. The van der Waals surface area contributed by atoms with Crippen molar-refractivity contribution in [3.63, 3.8) is 0 Å². The Labute approximate surface area is 156 Å². The quantitative estimate of drug-likeness (QED) is 0.776. The van der Waals surface area contributed by atoms with Crippen LogP contribution in [0.15, 0.2) is 5.38 Å². The number of nitrogens with one attached hydrogen (secondary N) is 2. The molecule has 0 spiro atoms. The third kappa shape index (κ3) is 4.89. The molecule has 140 valence electrons. The molecule has 3 saturated carbocycles. The van der Waals surface area contributed by atoms with E-state index < -0.39 is 5.92 Å². The summed E-state index contributed by atoms with van der Waals surface area (Å²) in [7, 11) is 0. The van der Waals surface area contributed by atoms with Crippen molar-refractivity contribution in [1.29, 1.82) is 0 Å². The molecule has 3 aliphatic rings. The lowest BCUT2D eigenvalue weighted by molar-refractivity contribution is -0.0399. The van der Waals surface area contributed by atoms with Crippen LogP contribution in [0.4, 0.5) is 8.78 Å². The number of hydrogen-bond acceptors (Lipinski definition) is 4. The van der Waals surface area contributed by atoms with Gasteiger partial charge in [-0.1, -0.05) is 0 Å². The predicted octanol–water partition coefficient (Wildman–Crippen LogP) is 3.73. The highest BCUT2D eigenvalue weighted by Gasteiger charge is 2.41. The van der Waals surface area contributed by atoms with Gasteiger partial charge in [-0.15, -0.1) is 23.7 Å². The predicted molar refractivity (Wildman–Crippen MR) is 95.9 cm³/mol. The van der Waals surface area contributed by atoms with Crippen LogP contribution in [0, 0.1) is 5.92 Å². The molecule has 2 N–H and O–H groups in total. The van der Waals surface area contributed by atoms with Gasteiger partial charge in [-0.2, -0.15) is 0 Å². The lowest BCUT2D eigenvalue weighted by Crippen LogP contribution is -2.40. The molecule has 0 unspecified atom stereocenters. The van der Waals surface area contributed by atoms with E-state index in [0.29, 0.717) is 29.8 Å². The van der Waals surface area contributed by atoms with Gasteiger partial charge < -0.3 is 10.6 Å². The number of aromatic nitrogens is 1. The van der Waals surface area contributed by atoms with E-state index in [0.717, 1.165) is 24.6 Å². The minimum absolute atomic E-state index is 0. The third-order valence-corrected chi connectivity index (χ3v) is 6.16. The normalized spacial score (nSPS) is 28.2. The fourth-order valence-electron chi connectivity index (χ4n) is 3.38. The van der Waals surface area contributed by atoms with Gasteiger partial charge in [0.2, 0.25) is 5.92 Å². The molecule has 0 saturated heterocycles. The van der Waals surface area contributed by atoms with Gasteiger partial charge in [0, 0.05) is 36.2 Å². The first kappa shape index (κ1) is 19.0. The maximum Gasteiger partial charge on any atom is 0.280 e. The average Bonchev–Trinajstić information content (AvgIpc) is 3.46. The SMILES string of the molecule is Cl.O=C(NC1CCC(F)(F)CC1)c1nc([C@@H]2C[C@H]2NCC2CC2)cs1. The zero-order chi connectivity index (χ0) is 16.7.